The number of halogens is 1. The first-order valence-corrected chi connectivity index (χ1v) is 15.2. The van der Waals surface area contributed by atoms with Gasteiger partial charge in [-0.2, -0.15) is 0 Å². The summed E-state index contributed by atoms with van der Waals surface area (Å²) >= 11 is 6.60. The Morgan fingerprint density at radius 1 is 1.09 bits per heavy atom. The molecule has 234 valence electrons. The van der Waals surface area contributed by atoms with Crippen molar-refractivity contribution >= 4 is 28.6 Å². The number of pyridine rings is 1. The van der Waals surface area contributed by atoms with Crippen molar-refractivity contribution in [1.82, 2.24) is 19.0 Å². The highest BCUT2D eigenvalue weighted by Gasteiger charge is 2.31. The zero-order valence-electron chi connectivity index (χ0n) is 26.0. The minimum absolute atomic E-state index is 0.0821. The van der Waals surface area contributed by atoms with E-state index in [9.17, 15) is 19.5 Å². The van der Waals surface area contributed by atoms with Crippen molar-refractivity contribution in [3.63, 3.8) is 0 Å². The molecule has 3 heterocycles. The topological polar surface area (TPSA) is 119 Å². The molecule has 1 aliphatic rings. The number of aromatic hydroxyl groups is 1. The summed E-state index contributed by atoms with van der Waals surface area (Å²) in [5.74, 6) is 0.0504. The third-order valence-corrected chi connectivity index (χ3v) is 8.07. The molecule has 44 heavy (non-hydrogen) atoms. The first kappa shape index (κ1) is 31.3. The second-order valence-electron chi connectivity index (χ2n) is 12.6. The SMILES string of the molecule is Cc1cc(C)cc(-c2c(OCCC3CCCCN3C(=O)OC(C)(C)C)c3cc(-n4c(O)cn(C)c4=O)c(Cl)cc3[nH]c2=O)c1. The van der Waals surface area contributed by atoms with Crippen molar-refractivity contribution in [3.8, 4) is 28.4 Å². The van der Waals surface area contributed by atoms with Crippen LogP contribution in [0.25, 0.3) is 27.7 Å². The number of carbonyl (C=O) groups excluding carboxylic acids is 1. The number of rotatable bonds is 6. The molecule has 10 nitrogen and oxygen atoms in total. The number of likely N-dealkylation sites (tertiary alicyclic amines) is 1. The second kappa shape index (κ2) is 12.1. The maximum atomic E-state index is 13.6. The number of fused-ring (bicyclic) bond motifs is 1. The van der Waals surface area contributed by atoms with Crippen LogP contribution in [0.15, 0.2) is 46.1 Å². The van der Waals surface area contributed by atoms with Crippen LogP contribution in [0.4, 0.5) is 4.79 Å². The van der Waals surface area contributed by atoms with E-state index in [4.69, 9.17) is 21.1 Å². The van der Waals surface area contributed by atoms with Crippen molar-refractivity contribution in [2.24, 2.45) is 7.05 Å². The van der Waals surface area contributed by atoms with E-state index in [2.05, 4.69) is 4.98 Å². The van der Waals surface area contributed by atoms with E-state index in [-0.39, 0.29) is 40.9 Å². The highest BCUT2D eigenvalue weighted by atomic mass is 35.5. The summed E-state index contributed by atoms with van der Waals surface area (Å²) in [6, 6.07) is 8.98. The van der Waals surface area contributed by atoms with E-state index < -0.39 is 11.3 Å². The maximum absolute atomic E-state index is 13.6. The molecule has 0 bridgehead atoms. The molecule has 0 radical (unpaired) electrons. The summed E-state index contributed by atoms with van der Waals surface area (Å²) in [4.78, 5) is 44.2. The molecule has 1 saturated heterocycles. The van der Waals surface area contributed by atoms with Gasteiger partial charge in [-0.15, -0.1) is 0 Å². The van der Waals surface area contributed by atoms with Crippen LogP contribution < -0.4 is 16.0 Å². The van der Waals surface area contributed by atoms with E-state index in [1.54, 1.807) is 17.0 Å². The number of benzene rings is 2. The van der Waals surface area contributed by atoms with Gasteiger partial charge in [0.15, 0.2) is 0 Å². The van der Waals surface area contributed by atoms with Gasteiger partial charge >= 0.3 is 11.8 Å². The average Bonchev–Trinajstić information content (AvgIpc) is 3.17. The number of imidazole rings is 1. The van der Waals surface area contributed by atoms with Crippen molar-refractivity contribution in [1.29, 1.82) is 0 Å². The molecule has 4 aromatic rings. The lowest BCUT2D eigenvalue weighted by molar-refractivity contribution is 0.00745. The van der Waals surface area contributed by atoms with E-state index in [1.165, 1.54) is 17.8 Å². The average molecular weight is 623 g/mol. The summed E-state index contributed by atoms with van der Waals surface area (Å²) in [5.41, 5.74) is 2.22. The Morgan fingerprint density at radius 2 is 1.80 bits per heavy atom. The second-order valence-corrected chi connectivity index (χ2v) is 13.0. The molecular formula is C33H39ClN4O6. The number of aromatic nitrogens is 3. The lowest BCUT2D eigenvalue weighted by Gasteiger charge is -2.36. The fraction of sp³-hybridized carbons (Fsp3) is 0.424. The van der Waals surface area contributed by atoms with Crippen LogP contribution >= 0.6 is 11.6 Å². The summed E-state index contributed by atoms with van der Waals surface area (Å²) in [6.07, 6.45) is 4.20. The van der Waals surface area contributed by atoms with E-state index in [0.717, 1.165) is 35.0 Å². The van der Waals surface area contributed by atoms with E-state index in [0.29, 0.717) is 40.7 Å². The lowest BCUT2D eigenvalue weighted by atomic mass is 9.98. The molecule has 0 spiro atoms. The fourth-order valence-electron chi connectivity index (χ4n) is 5.91. The molecule has 0 aliphatic carbocycles. The van der Waals surface area contributed by atoms with Gasteiger partial charge in [0.05, 0.1) is 34.6 Å². The lowest BCUT2D eigenvalue weighted by Crippen LogP contribution is -2.46. The molecule has 5 rings (SSSR count). The minimum Gasteiger partial charge on any atom is -0.493 e. The highest BCUT2D eigenvalue weighted by molar-refractivity contribution is 6.33. The Kier molecular flexibility index (Phi) is 8.57. The van der Waals surface area contributed by atoms with Gasteiger partial charge in [-0.05, 0) is 71.6 Å². The quantitative estimate of drug-likeness (QED) is 0.264. The van der Waals surface area contributed by atoms with Crippen LogP contribution in [0.3, 0.4) is 0 Å². The number of amides is 1. The van der Waals surface area contributed by atoms with Gasteiger partial charge in [0.1, 0.15) is 11.4 Å². The van der Waals surface area contributed by atoms with Gasteiger partial charge in [0.25, 0.3) is 5.56 Å². The zero-order chi connectivity index (χ0) is 31.9. The van der Waals surface area contributed by atoms with E-state index >= 15 is 0 Å². The van der Waals surface area contributed by atoms with Crippen LogP contribution in [-0.4, -0.2) is 55.0 Å². The van der Waals surface area contributed by atoms with Gasteiger partial charge in [0.2, 0.25) is 5.88 Å². The van der Waals surface area contributed by atoms with Crippen molar-refractivity contribution in [2.45, 2.75) is 71.9 Å². The van der Waals surface area contributed by atoms with Crippen molar-refractivity contribution in [3.05, 3.63) is 73.5 Å². The zero-order valence-corrected chi connectivity index (χ0v) is 26.7. The standard InChI is InChI=1S/C33H39ClN4O6/c1-19-13-20(2)15-21(14-19)28-29(43-12-10-22-9-7-8-11-37(22)32(42)44-33(3,4)5)23-16-26(24(34)17-25(23)35-30(28)40)38-27(39)18-36(6)31(38)41/h13-18,22,39H,7-12H2,1-6H3,(H,35,40). The number of aryl methyl sites for hydroxylation is 3. The first-order valence-electron chi connectivity index (χ1n) is 14.8. The maximum Gasteiger partial charge on any atom is 0.410 e. The van der Waals surface area contributed by atoms with Crippen LogP contribution in [0.2, 0.25) is 5.02 Å². The third-order valence-electron chi connectivity index (χ3n) is 7.77. The van der Waals surface area contributed by atoms with E-state index in [1.807, 2.05) is 52.8 Å². The van der Waals surface area contributed by atoms with Crippen LogP contribution in [0, 0.1) is 13.8 Å². The number of piperidine rings is 1. The predicted octanol–water partition coefficient (Wildman–Crippen LogP) is 6.22. The number of hydrogen-bond acceptors (Lipinski definition) is 6. The summed E-state index contributed by atoms with van der Waals surface area (Å²) in [7, 11) is 1.53. The van der Waals surface area contributed by atoms with Gasteiger partial charge in [0, 0.05) is 31.4 Å². The first-order chi connectivity index (χ1) is 20.7. The molecule has 1 fully saturated rings. The monoisotopic (exact) mass is 622 g/mol. The molecule has 2 aromatic carbocycles. The molecule has 1 atom stereocenters. The minimum atomic E-state index is -0.603. The number of aromatic amines is 1. The fourth-order valence-corrected chi connectivity index (χ4v) is 6.15. The Labute approximate surface area is 260 Å². The summed E-state index contributed by atoms with van der Waals surface area (Å²) in [6.45, 7) is 10.3. The number of hydrogen-bond donors (Lipinski definition) is 2. The Balaban J connectivity index is 1.60. The van der Waals surface area contributed by atoms with Gasteiger partial charge in [-0.25, -0.2) is 14.2 Å². The number of carbonyl (C=O) groups is 1. The number of nitrogens with one attached hydrogen (secondary N) is 1. The molecule has 0 saturated carbocycles. The molecular weight excluding hydrogens is 584 g/mol. The highest BCUT2D eigenvalue weighted by Crippen LogP contribution is 2.38. The smallest absolute Gasteiger partial charge is 0.410 e. The number of H-pyrrole nitrogens is 1. The Hall–Kier alpha value is -4.18. The number of nitrogens with zero attached hydrogens (tertiary/aromatic N) is 3. The van der Waals surface area contributed by atoms with Crippen molar-refractivity contribution in [2.75, 3.05) is 13.2 Å². The van der Waals surface area contributed by atoms with Crippen LogP contribution in [0.5, 0.6) is 11.6 Å². The Morgan fingerprint density at radius 3 is 2.43 bits per heavy atom. The molecule has 1 aliphatic heterocycles. The number of ether oxygens (including phenoxy) is 2. The largest absolute Gasteiger partial charge is 0.493 e. The summed E-state index contributed by atoms with van der Waals surface area (Å²) < 4.78 is 14.5. The predicted molar refractivity (Wildman–Crippen MR) is 171 cm³/mol. The molecule has 1 amide bonds. The van der Waals surface area contributed by atoms with Gasteiger partial charge in [-0.3, -0.25) is 9.36 Å². The molecule has 1 unspecified atom stereocenters. The Bertz CT molecular complexity index is 1830. The molecule has 11 heteroatoms. The third kappa shape index (κ3) is 6.36. The van der Waals surface area contributed by atoms with Crippen molar-refractivity contribution < 1.29 is 19.4 Å². The normalized spacial score (nSPS) is 15.5. The van der Waals surface area contributed by atoms with Gasteiger partial charge in [-0.1, -0.05) is 40.9 Å². The van der Waals surface area contributed by atoms with Crippen LogP contribution in [0.1, 0.15) is 57.6 Å². The molecule has 2 aromatic heterocycles. The van der Waals surface area contributed by atoms with Crippen LogP contribution in [-0.2, 0) is 11.8 Å². The molecule has 2 N–H and O–H groups in total. The summed E-state index contributed by atoms with van der Waals surface area (Å²) in [5, 5.41) is 11.2. The van der Waals surface area contributed by atoms with Gasteiger partial charge < -0.3 is 24.5 Å².